The number of piperazine rings is 1. The van der Waals surface area contributed by atoms with Crippen molar-refractivity contribution < 1.29 is 9.47 Å². The number of nitrogens with zero attached hydrogens (tertiary/aromatic N) is 3. The fourth-order valence-electron chi connectivity index (χ4n) is 4.55. The first-order valence-electron chi connectivity index (χ1n) is 10.4. The zero-order valence-corrected chi connectivity index (χ0v) is 17.4. The van der Waals surface area contributed by atoms with Crippen LogP contribution in [0.25, 0.3) is 0 Å². The molecule has 1 aromatic rings. The number of thioether (sulfide) groups is 1. The van der Waals surface area contributed by atoms with Gasteiger partial charge in [-0.1, -0.05) is 6.07 Å². The summed E-state index contributed by atoms with van der Waals surface area (Å²) >= 11 is 1.97. The lowest BCUT2D eigenvalue weighted by atomic mass is 10.0. The monoisotopic (exact) mass is 391 g/mol. The largest absolute Gasteiger partial charge is 0.454 e. The molecule has 5 nitrogen and oxygen atoms in total. The van der Waals surface area contributed by atoms with E-state index in [-0.39, 0.29) is 0 Å². The Morgan fingerprint density at radius 1 is 1.04 bits per heavy atom. The van der Waals surface area contributed by atoms with Gasteiger partial charge in [0.15, 0.2) is 11.5 Å². The highest BCUT2D eigenvalue weighted by atomic mass is 32.2. The molecule has 150 valence electrons. The fraction of sp³-hybridized carbons (Fsp3) is 0.714. The highest BCUT2D eigenvalue weighted by molar-refractivity contribution is 7.98. The van der Waals surface area contributed by atoms with E-state index < -0.39 is 0 Å². The molecule has 3 heterocycles. The first-order chi connectivity index (χ1) is 13.3. The van der Waals surface area contributed by atoms with Crippen molar-refractivity contribution in [3.8, 4) is 11.5 Å². The number of rotatable bonds is 7. The lowest BCUT2D eigenvalue weighted by Crippen LogP contribution is -2.54. The summed E-state index contributed by atoms with van der Waals surface area (Å²) in [6.45, 7) is 9.95. The Bertz CT molecular complexity index is 607. The second kappa shape index (κ2) is 9.50. The molecule has 3 aliphatic heterocycles. The van der Waals surface area contributed by atoms with Crippen LogP contribution < -0.4 is 9.47 Å². The van der Waals surface area contributed by atoms with Crippen molar-refractivity contribution in [2.75, 3.05) is 64.6 Å². The van der Waals surface area contributed by atoms with Gasteiger partial charge in [-0.05, 0) is 62.1 Å². The summed E-state index contributed by atoms with van der Waals surface area (Å²) in [6.07, 6.45) is 6.28. The SMILES string of the molecule is CSCCCN1CCC[C@H](N2CCN(Cc3ccc4c(c3)OCO4)CC2)C1. The van der Waals surface area contributed by atoms with E-state index in [1.807, 2.05) is 17.8 Å². The molecule has 0 unspecified atom stereocenters. The van der Waals surface area contributed by atoms with Gasteiger partial charge in [0.25, 0.3) is 0 Å². The van der Waals surface area contributed by atoms with Crippen LogP contribution in [0.1, 0.15) is 24.8 Å². The van der Waals surface area contributed by atoms with Crippen molar-refractivity contribution in [1.82, 2.24) is 14.7 Å². The maximum Gasteiger partial charge on any atom is 0.231 e. The van der Waals surface area contributed by atoms with E-state index >= 15 is 0 Å². The molecule has 27 heavy (non-hydrogen) atoms. The predicted octanol–water partition coefficient (Wildman–Crippen LogP) is 2.75. The van der Waals surface area contributed by atoms with Crippen molar-refractivity contribution in [2.24, 2.45) is 0 Å². The average molecular weight is 392 g/mol. The Kier molecular flexibility index (Phi) is 6.82. The zero-order chi connectivity index (χ0) is 18.5. The van der Waals surface area contributed by atoms with Gasteiger partial charge in [-0.25, -0.2) is 0 Å². The maximum absolute atomic E-state index is 5.51. The molecule has 0 saturated carbocycles. The fourth-order valence-corrected chi connectivity index (χ4v) is 4.97. The lowest BCUT2D eigenvalue weighted by molar-refractivity contribution is 0.0500. The van der Waals surface area contributed by atoms with E-state index in [1.54, 1.807) is 0 Å². The summed E-state index contributed by atoms with van der Waals surface area (Å²) in [5.74, 6) is 3.07. The van der Waals surface area contributed by atoms with E-state index in [2.05, 4.69) is 33.1 Å². The Labute approximate surface area is 168 Å². The first-order valence-corrected chi connectivity index (χ1v) is 11.8. The third kappa shape index (κ3) is 5.11. The molecular formula is C21H33N3O2S. The van der Waals surface area contributed by atoms with Crippen LogP contribution in [-0.4, -0.2) is 85.4 Å². The normalized spacial score (nSPS) is 24.4. The Morgan fingerprint density at radius 3 is 2.74 bits per heavy atom. The van der Waals surface area contributed by atoms with Crippen molar-refractivity contribution in [3.63, 3.8) is 0 Å². The van der Waals surface area contributed by atoms with Crippen LogP contribution in [0.4, 0.5) is 0 Å². The average Bonchev–Trinajstić information content (AvgIpc) is 3.17. The third-order valence-corrected chi connectivity index (χ3v) is 6.77. The minimum absolute atomic E-state index is 0.354. The highest BCUT2D eigenvalue weighted by Gasteiger charge is 2.28. The number of ether oxygens (including phenoxy) is 2. The number of likely N-dealkylation sites (tertiary alicyclic amines) is 1. The van der Waals surface area contributed by atoms with E-state index in [0.29, 0.717) is 6.79 Å². The molecule has 1 atom stereocenters. The molecule has 0 aromatic heterocycles. The third-order valence-electron chi connectivity index (χ3n) is 6.07. The van der Waals surface area contributed by atoms with Crippen molar-refractivity contribution >= 4 is 11.8 Å². The molecule has 0 N–H and O–H groups in total. The van der Waals surface area contributed by atoms with Crippen LogP contribution in [0, 0.1) is 0 Å². The van der Waals surface area contributed by atoms with Crippen LogP contribution >= 0.6 is 11.8 Å². The number of hydrogen-bond acceptors (Lipinski definition) is 6. The van der Waals surface area contributed by atoms with E-state index in [4.69, 9.17) is 9.47 Å². The Hall–Kier alpha value is -0.950. The number of fused-ring (bicyclic) bond motifs is 1. The van der Waals surface area contributed by atoms with Crippen LogP contribution in [0.15, 0.2) is 18.2 Å². The van der Waals surface area contributed by atoms with Gasteiger partial charge >= 0.3 is 0 Å². The summed E-state index contributed by atoms with van der Waals surface area (Å²) in [5.41, 5.74) is 1.32. The number of piperidine rings is 1. The second-order valence-corrected chi connectivity index (χ2v) is 8.93. The van der Waals surface area contributed by atoms with Gasteiger partial charge < -0.3 is 14.4 Å². The topological polar surface area (TPSA) is 28.2 Å². The number of hydrogen-bond donors (Lipinski definition) is 0. The highest BCUT2D eigenvalue weighted by Crippen LogP contribution is 2.33. The Balaban J connectivity index is 1.23. The lowest BCUT2D eigenvalue weighted by Gasteiger charge is -2.43. The van der Waals surface area contributed by atoms with Crippen LogP contribution in [-0.2, 0) is 6.54 Å². The molecule has 2 fully saturated rings. The molecule has 1 aromatic carbocycles. The molecule has 3 aliphatic rings. The molecule has 4 rings (SSSR count). The first kappa shape index (κ1) is 19.4. The van der Waals surface area contributed by atoms with Gasteiger partial charge in [0.1, 0.15) is 0 Å². The summed E-state index contributed by atoms with van der Waals surface area (Å²) in [6, 6.07) is 7.12. The van der Waals surface area contributed by atoms with Gasteiger partial charge in [0.05, 0.1) is 0 Å². The van der Waals surface area contributed by atoms with Crippen LogP contribution in [0.5, 0.6) is 11.5 Å². The standard InChI is InChI=1S/C21H33N3O2S/c1-27-13-3-8-22-7-2-4-19(16-22)24-11-9-23(10-12-24)15-18-5-6-20-21(14-18)26-17-25-20/h5-6,14,19H,2-4,7-13,15-17H2,1H3/t19-/m0/s1. The van der Waals surface area contributed by atoms with Crippen molar-refractivity contribution in [3.05, 3.63) is 23.8 Å². The summed E-state index contributed by atoms with van der Waals surface area (Å²) in [5, 5.41) is 0. The van der Waals surface area contributed by atoms with Gasteiger partial charge in [0, 0.05) is 45.3 Å². The molecular weight excluding hydrogens is 358 g/mol. The molecule has 0 aliphatic carbocycles. The molecule has 2 saturated heterocycles. The minimum Gasteiger partial charge on any atom is -0.454 e. The minimum atomic E-state index is 0.354. The molecule has 0 spiro atoms. The molecule has 0 amide bonds. The van der Waals surface area contributed by atoms with Gasteiger partial charge in [-0.15, -0.1) is 0 Å². The van der Waals surface area contributed by atoms with Gasteiger partial charge in [-0.3, -0.25) is 9.80 Å². The van der Waals surface area contributed by atoms with E-state index in [1.165, 1.54) is 63.3 Å². The van der Waals surface area contributed by atoms with Crippen LogP contribution in [0.3, 0.4) is 0 Å². The zero-order valence-electron chi connectivity index (χ0n) is 16.6. The van der Waals surface area contributed by atoms with Gasteiger partial charge in [0.2, 0.25) is 6.79 Å². The predicted molar refractivity (Wildman–Crippen MR) is 112 cm³/mol. The van der Waals surface area contributed by atoms with Crippen molar-refractivity contribution in [2.45, 2.75) is 31.8 Å². The van der Waals surface area contributed by atoms with E-state index in [9.17, 15) is 0 Å². The molecule has 0 bridgehead atoms. The molecule has 0 radical (unpaired) electrons. The maximum atomic E-state index is 5.51. The second-order valence-electron chi connectivity index (χ2n) is 7.94. The van der Waals surface area contributed by atoms with Gasteiger partial charge in [-0.2, -0.15) is 11.8 Å². The quantitative estimate of drug-likeness (QED) is 0.664. The number of benzene rings is 1. The van der Waals surface area contributed by atoms with Crippen LogP contribution in [0.2, 0.25) is 0 Å². The summed E-state index contributed by atoms with van der Waals surface area (Å²) in [4.78, 5) is 8.02. The van der Waals surface area contributed by atoms with Crippen molar-refractivity contribution in [1.29, 1.82) is 0 Å². The summed E-state index contributed by atoms with van der Waals surface area (Å²) in [7, 11) is 0. The van der Waals surface area contributed by atoms with E-state index in [0.717, 1.165) is 37.2 Å². The Morgan fingerprint density at radius 2 is 1.89 bits per heavy atom. The molecule has 6 heteroatoms. The smallest absolute Gasteiger partial charge is 0.231 e. The summed E-state index contributed by atoms with van der Waals surface area (Å²) < 4.78 is 10.9.